The molecule has 1 aromatic heterocycles. The van der Waals surface area contributed by atoms with Crippen LogP contribution in [0.4, 0.5) is 4.39 Å². The second-order valence-electron chi connectivity index (χ2n) is 4.74. The molecule has 1 heterocycles. The molecule has 0 bridgehead atoms. The van der Waals surface area contributed by atoms with E-state index in [2.05, 4.69) is 24.1 Å². The summed E-state index contributed by atoms with van der Waals surface area (Å²) in [7, 11) is 0. The first-order valence-corrected chi connectivity index (χ1v) is 6.61. The number of halogens is 2. The first-order chi connectivity index (χ1) is 9.06. The standard InChI is InChI=1S/C14H17ClFN3/c1-10(2)18-8-14-17-5-6-19(14)9-11-7-12(15)3-4-13(11)16/h3-7,10,18H,8-9H2,1-2H3. The molecule has 0 aliphatic rings. The molecule has 0 aliphatic heterocycles. The predicted octanol–water partition coefficient (Wildman–Crippen LogP) is 3.22. The number of nitrogens with zero attached hydrogens (tertiary/aromatic N) is 2. The number of hydrogen-bond donors (Lipinski definition) is 1. The Morgan fingerprint density at radius 2 is 2.21 bits per heavy atom. The highest BCUT2D eigenvalue weighted by Crippen LogP contribution is 2.16. The predicted molar refractivity (Wildman–Crippen MR) is 74.7 cm³/mol. The summed E-state index contributed by atoms with van der Waals surface area (Å²) in [5.41, 5.74) is 0.566. The van der Waals surface area contributed by atoms with Gasteiger partial charge in [-0.1, -0.05) is 25.4 Å². The van der Waals surface area contributed by atoms with Crippen molar-refractivity contribution in [3.63, 3.8) is 0 Å². The zero-order valence-electron chi connectivity index (χ0n) is 11.0. The Balaban J connectivity index is 2.15. The van der Waals surface area contributed by atoms with Crippen LogP contribution in [0.15, 0.2) is 30.6 Å². The minimum atomic E-state index is -0.249. The molecule has 0 saturated carbocycles. The minimum absolute atomic E-state index is 0.249. The average Bonchev–Trinajstić information content (AvgIpc) is 2.79. The fraction of sp³-hybridized carbons (Fsp3) is 0.357. The van der Waals surface area contributed by atoms with E-state index >= 15 is 0 Å². The molecule has 0 spiro atoms. The van der Waals surface area contributed by atoms with Crippen LogP contribution >= 0.6 is 11.6 Å². The Bertz CT molecular complexity index is 551. The van der Waals surface area contributed by atoms with Crippen LogP contribution in [-0.2, 0) is 13.1 Å². The van der Waals surface area contributed by atoms with Crippen molar-refractivity contribution in [3.05, 3.63) is 52.8 Å². The maximum Gasteiger partial charge on any atom is 0.128 e. The highest BCUT2D eigenvalue weighted by molar-refractivity contribution is 6.30. The van der Waals surface area contributed by atoms with Gasteiger partial charge in [-0.3, -0.25) is 0 Å². The quantitative estimate of drug-likeness (QED) is 0.912. The molecule has 0 aliphatic carbocycles. The van der Waals surface area contributed by atoms with E-state index in [9.17, 15) is 4.39 Å². The van der Waals surface area contributed by atoms with Crippen LogP contribution in [0.2, 0.25) is 5.02 Å². The van der Waals surface area contributed by atoms with E-state index in [1.165, 1.54) is 6.07 Å². The van der Waals surface area contributed by atoms with Crippen molar-refractivity contribution in [2.75, 3.05) is 0 Å². The molecule has 0 atom stereocenters. The number of hydrogen-bond acceptors (Lipinski definition) is 2. The second kappa shape index (κ2) is 6.17. The summed E-state index contributed by atoms with van der Waals surface area (Å²) in [5.74, 6) is 0.633. The van der Waals surface area contributed by atoms with Crippen molar-refractivity contribution in [1.82, 2.24) is 14.9 Å². The van der Waals surface area contributed by atoms with Gasteiger partial charge in [0.05, 0.1) is 13.1 Å². The van der Waals surface area contributed by atoms with Crippen LogP contribution in [-0.4, -0.2) is 15.6 Å². The highest BCUT2D eigenvalue weighted by Gasteiger charge is 2.08. The Kier molecular flexibility index (Phi) is 4.56. The van der Waals surface area contributed by atoms with Crippen molar-refractivity contribution < 1.29 is 4.39 Å². The second-order valence-corrected chi connectivity index (χ2v) is 5.18. The number of benzene rings is 1. The normalized spacial score (nSPS) is 11.2. The first kappa shape index (κ1) is 14.0. The van der Waals surface area contributed by atoms with E-state index in [1.54, 1.807) is 18.3 Å². The molecule has 0 radical (unpaired) electrons. The Hall–Kier alpha value is -1.39. The average molecular weight is 282 g/mol. The molecule has 0 amide bonds. The van der Waals surface area contributed by atoms with Crippen molar-refractivity contribution >= 4 is 11.6 Å². The number of rotatable bonds is 5. The highest BCUT2D eigenvalue weighted by atomic mass is 35.5. The van der Waals surface area contributed by atoms with Crippen LogP contribution in [0, 0.1) is 5.82 Å². The molecule has 19 heavy (non-hydrogen) atoms. The van der Waals surface area contributed by atoms with Gasteiger partial charge in [0.1, 0.15) is 11.6 Å². The monoisotopic (exact) mass is 281 g/mol. The van der Waals surface area contributed by atoms with E-state index in [0.29, 0.717) is 29.7 Å². The third-order valence-corrected chi connectivity index (χ3v) is 3.05. The lowest BCUT2D eigenvalue weighted by Crippen LogP contribution is -2.24. The molecular formula is C14H17ClFN3. The van der Waals surface area contributed by atoms with Crippen molar-refractivity contribution in [1.29, 1.82) is 0 Å². The Morgan fingerprint density at radius 1 is 1.42 bits per heavy atom. The minimum Gasteiger partial charge on any atom is -0.329 e. The lowest BCUT2D eigenvalue weighted by Gasteiger charge is -2.11. The van der Waals surface area contributed by atoms with E-state index in [0.717, 1.165) is 5.82 Å². The SMILES string of the molecule is CC(C)NCc1nccn1Cc1cc(Cl)ccc1F. The summed E-state index contributed by atoms with van der Waals surface area (Å²) in [6.45, 7) is 5.24. The van der Waals surface area contributed by atoms with Gasteiger partial charge in [0.15, 0.2) is 0 Å². The van der Waals surface area contributed by atoms with Crippen LogP contribution in [0.3, 0.4) is 0 Å². The van der Waals surface area contributed by atoms with E-state index in [4.69, 9.17) is 11.6 Å². The smallest absolute Gasteiger partial charge is 0.128 e. The number of nitrogens with one attached hydrogen (secondary N) is 1. The third-order valence-electron chi connectivity index (χ3n) is 2.82. The third kappa shape index (κ3) is 3.78. The summed E-state index contributed by atoms with van der Waals surface area (Å²) in [6, 6.07) is 4.97. The maximum atomic E-state index is 13.7. The summed E-state index contributed by atoms with van der Waals surface area (Å²) < 4.78 is 15.6. The van der Waals surface area contributed by atoms with Gasteiger partial charge in [-0.15, -0.1) is 0 Å². The van der Waals surface area contributed by atoms with Crippen molar-refractivity contribution in [2.45, 2.75) is 33.0 Å². The van der Waals surface area contributed by atoms with Gasteiger partial charge in [0, 0.05) is 29.0 Å². The molecule has 2 aromatic rings. The molecule has 3 nitrogen and oxygen atoms in total. The molecule has 1 aromatic carbocycles. The fourth-order valence-electron chi connectivity index (χ4n) is 1.79. The van der Waals surface area contributed by atoms with Gasteiger partial charge >= 0.3 is 0 Å². The van der Waals surface area contributed by atoms with Crippen LogP contribution in [0.1, 0.15) is 25.2 Å². The van der Waals surface area contributed by atoms with Gasteiger partial charge in [-0.25, -0.2) is 9.37 Å². The summed E-state index contributed by atoms with van der Waals surface area (Å²) in [6.07, 6.45) is 3.57. The van der Waals surface area contributed by atoms with Crippen molar-refractivity contribution in [2.24, 2.45) is 0 Å². The number of aromatic nitrogens is 2. The molecule has 102 valence electrons. The molecule has 5 heteroatoms. The molecule has 0 unspecified atom stereocenters. The molecule has 0 fully saturated rings. The molecule has 1 N–H and O–H groups in total. The molecule has 2 rings (SSSR count). The van der Waals surface area contributed by atoms with Gasteiger partial charge in [-0.2, -0.15) is 0 Å². The Morgan fingerprint density at radius 3 is 2.95 bits per heavy atom. The van der Waals surface area contributed by atoms with E-state index in [1.807, 2.05) is 10.8 Å². The summed E-state index contributed by atoms with van der Waals surface area (Å²) in [4.78, 5) is 4.28. The van der Waals surface area contributed by atoms with Crippen LogP contribution in [0.5, 0.6) is 0 Å². The molecular weight excluding hydrogens is 265 g/mol. The van der Waals surface area contributed by atoms with Crippen LogP contribution < -0.4 is 5.32 Å². The Labute approximate surface area is 117 Å². The van der Waals surface area contributed by atoms with Gasteiger partial charge in [0.25, 0.3) is 0 Å². The first-order valence-electron chi connectivity index (χ1n) is 6.23. The van der Waals surface area contributed by atoms with E-state index in [-0.39, 0.29) is 5.82 Å². The molecule has 0 saturated heterocycles. The van der Waals surface area contributed by atoms with Gasteiger partial charge in [-0.05, 0) is 18.2 Å². The van der Waals surface area contributed by atoms with E-state index < -0.39 is 0 Å². The zero-order chi connectivity index (χ0) is 13.8. The number of imidazole rings is 1. The maximum absolute atomic E-state index is 13.7. The van der Waals surface area contributed by atoms with Gasteiger partial charge in [0.2, 0.25) is 0 Å². The largest absolute Gasteiger partial charge is 0.329 e. The summed E-state index contributed by atoms with van der Waals surface area (Å²) >= 11 is 5.90. The van der Waals surface area contributed by atoms with Crippen molar-refractivity contribution in [3.8, 4) is 0 Å². The lowest BCUT2D eigenvalue weighted by molar-refractivity contribution is 0.547. The topological polar surface area (TPSA) is 29.9 Å². The van der Waals surface area contributed by atoms with Crippen LogP contribution in [0.25, 0.3) is 0 Å². The fourth-order valence-corrected chi connectivity index (χ4v) is 1.99. The zero-order valence-corrected chi connectivity index (χ0v) is 11.8. The lowest BCUT2D eigenvalue weighted by atomic mass is 10.2. The summed E-state index contributed by atoms with van der Waals surface area (Å²) in [5, 5.41) is 3.84. The van der Waals surface area contributed by atoms with Gasteiger partial charge < -0.3 is 9.88 Å².